The number of rotatable bonds is 7. The summed E-state index contributed by atoms with van der Waals surface area (Å²) in [6.45, 7) is 5.01. The molecule has 0 aromatic heterocycles. The number of fused-ring (bicyclic) bond motifs is 1. The van der Waals surface area contributed by atoms with Gasteiger partial charge in [0.15, 0.2) is 9.33 Å². The molecule has 0 aliphatic carbocycles. The maximum absolute atomic E-state index is 12.8. The molecule has 0 bridgehead atoms. The Morgan fingerprint density at radius 1 is 1.36 bits per heavy atom. The predicted molar refractivity (Wildman–Crippen MR) is 111 cm³/mol. The number of hydrogen-bond acceptors (Lipinski definition) is 6. The number of alkyl halides is 3. The van der Waals surface area contributed by atoms with Crippen LogP contribution in [0.3, 0.4) is 0 Å². The Labute approximate surface area is 181 Å². The number of esters is 1. The molecule has 0 spiro atoms. The lowest BCUT2D eigenvalue weighted by Gasteiger charge is -2.50. The van der Waals surface area contributed by atoms with E-state index in [4.69, 9.17) is 44.3 Å². The molecule has 28 heavy (non-hydrogen) atoms. The number of halogens is 3. The van der Waals surface area contributed by atoms with E-state index >= 15 is 0 Å². The van der Waals surface area contributed by atoms with Gasteiger partial charge in [0.05, 0.1) is 5.76 Å². The molecule has 0 radical (unpaired) electrons. The first kappa shape index (κ1) is 21.3. The lowest BCUT2D eigenvalue weighted by atomic mass is 9.85. The zero-order chi connectivity index (χ0) is 20.5. The van der Waals surface area contributed by atoms with Gasteiger partial charge in [0.1, 0.15) is 29.3 Å². The van der Waals surface area contributed by atoms with Gasteiger partial charge in [-0.3, -0.25) is 9.79 Å². The lowest BCUT2D eigenvalue weighted by molar-refractivity contribution is -0.160. The number of carbonyl (C=O) groups excluding carboxylic acids is 2. The molecule has 1 aromatic carbocycles. The number of nitrogens with zero attached hydrogens (tertiary/aromatic N) is 2. The highest BCUT2D eigenvalue weighted by Gasteiger charge is 2.67. The molecule has 2 aliphatic rings. The van der Waals surface area contributed by atoms with Crippen LogP contribution < -0.4 is 4.74 Å². The highest BCUT2D eigenvalue weighted by molar-refractivity contribution is 8.15. The molecule has 2 aliphatic heterocycles. The molecule has 1 amide bonds. The summed E-state index contributed by atoms with van der Waals surface area (Å²) in [6.07, 6.45) is -0.0952. The summed E-state index contributed by atoms with van der Waals surface area (Å²) < 4.78 is 8.98. The zero-order valence-corrected chi connectivity index (χ0v) is 17.9. The van der Waals surface area contributed by atoms with Gasteiger partial charge >= 0.3 is 5.97 Å². The first-order chi connectivity index (χ1) is 13.1. The number of thioether (sulfide) groups is 1. The minimum atomic E-state index is -1.67. The topological polar surface area (TPSA) is 68.2 Å². The molecule has 0 N–H and O–H groups in total. The summed E-state index contributed by atoms with van der Waals surface area (Å²) in [5, 5.41) is 0.120. The number of β-lactam (4-membered cyclic amide) rings is 1. The molecule has 10 heteroatoms. The van der Waals surface area contributed by atoms with Gasteiger partial charge in [-0.1, -0.05) is 71.3 Å². The van der Waals surface area contributed by atoms with Gasteiger partial charge in [0, 0.05) is 6.42 Å². The molecular formula is C18H17Cl3N2O4S. The Kier molecular flexibility index (Phi) is 6.20. The van der Waals surface area contributed by atoms with Crippen LogP contribution in [-0.4, -0.2) is 49.7 Å². The zero-order valence-electron chi connectivity index (χ0n) is 14.9. The van der Waals surface area contributed by atoms with Crippen LogP contribution in [0.1, 0.15) is 13.3 Å². The second kappa shape index (κ2) is 8.14. The number of amides is 1. The quantitative estimate of drug-likeness (QED) is 0.265. The van der Waals surface area contributed by atoms with Crippen molar-refractivity contribution in [3.63, 3.8) is 0 Å². The summed E-state index contributed by atoms with van der Waals surface area (Å²) in [5.74, 6) is -0.0471. The predicted octanol–water partition coefficient (Wildman–Crippen LogP) is 3.95. The van der Waals surface area contributed by atoms with Gasteiger partial charge in [0.2, 0.25) is 0 Å². The number of para-hydroxylation sites is 1. The molecule has 2 unspecified atom stereocenters. The van der Waals surface area contributed by atoms with Crippen molar-refractivity contribution >= 4 is 63.5 Å². The summed E-state index contributed by atoms with van der Waals surface area (Å²) in [6, 6.07) is 9.22. The number of likely N-dealkylation sites (tertiary alicyclic amines) is 1. The molecule has 6 nitrogen and oxygen atoms in total. The van der Waals surface area contributed by atoms with E-state index in [9.17, 15) is 9.59 Å². The Balaban J connectivity index is 1.74. The summed E-state index contributed by atoms with van der Waals surface area (Å²) in [7, 11) is 0. The second-order valence-corrected chi connectivity index (χ2v) is 10.1. The molecule has 0 saturated carbocycles. The van der Waals surface area contributed by atoms with Crippen LogP contribution in [0.25, 0.3) is 0 Å². The first-order valence-corrected chi connectivity index (χ1v) is 10.3. The minimum Gasteiger partial charge on any atom is -0.487 e. The normalized spacial score (nSPS) is 23.6. The smallest absolute Gasteiger partial charge is 0.330 e. The van der Waals surface area contributed by atoms with Gasteiger partial charge in [-0.2, -0.15) is 0 Å². The lowest BCUT2D eigenvalue weighted by Crippen LogP contribution is -2.71. The SMILES string of the molecule is C=C(C)OC(=O)CN1C(=O)C2(CC(Cl)(Cl)Cl)N=C(COc3ccccc3)SC12. The molecule has 1 fully saturated rings. The number of aliphatic imine (C=N–C) groups is 1. The van der Waals surface area contributed by atoms with E-state index in [0.717, 1.165) is 0 Å². The maximum Gasteiger partial charge on any atom is 0.330 e. The van der Waals surface area contributed by atoms with Crippen molar-refractivity contribution in [2.45, 2.75) is 28.0 Å². The largest absolute Gasteiger partial charge is 0.487 e. The maximum atomic E-state index is 12.8. The van der Waals surface area contributed by atoms with Crippen LogP contribution in [0.5, 0.6) is 5.75 Å². The van der Waals surface area contributed by atoms with E-state index in [2.05, 4.69) is 11.6 Å². The van der Waals surface area contributed by atoms with Gasteiger partial charge in [-0.05, 0) is 19.1 Å². The molecule has 1 saturated heterocycles. The average molecular weight is 464 g/mol. The van der Waals surface area contributed by atoms with E-state index in [-0.39, 0.29) is 31.2 Å². The van der Waals surface area contributed by atoms with Crippen LogP contribution in [0.15, 0.2) is 47.7 Å². The van der Waals surface area contributed by atoms with E-state index in [1.165, 1.54) is 16.7 Å². The number of benzene rings is 1. The van der Waals surface area contributed by atoms with Gasteiger partial charge in [-0.15, -0.1) is 0 Å². The van der Waals surface area contributed by atoms with Gasteiger partial charge in [0.25, 0.3) is 5.91 Å². The summed E-state index contributed by atoms with van der Waals surface area (Å²) in [4.78, 5) is 30.7. The van der Waals surface area contributed by atoms with E-state index < -0.39 is 20.7 Å². The van der Waals surface area contributed by atoms with Crippen molar-refractivity contribution in [3.05, 3.63) is 42.7 Å². The Morgan fingerprint density at radius 2 is 2.04 bits per heavy atom. The molecule has 2 atom stereocenters. The number of hydrogen-bond donors (Lipinski definition) is 0. The second-order valence-electron chi connectivity index (χ2n) is 6.40. The van der Waals surface area contributed by atoms with Gasteiger partial charge in [-0.25, -0.2) is 4.79 Å². The summed E-state index contributed by atoms with van der Waals surface area (Å²) in [5.41, 5.74) is -1.23. The molecule has 1 aromatic rings. The molecular weight excluding hydrogens is 447 g/mol. The van der Waals surface area contributed by atoms with Crippen molar-refractivity contribution in [1.29, 1.82) is 0 Å². The first-order valence-electron chi connectivity index (χ1n) is 8.28. The van der Waals surface area contributed by atoms with E-state index in [0.29, 0.717) is 10.8 Å². The molecule has 3 rings (SSSR count). The Hall–Kier alpha value is -1.41. The van der Waals surface area contributed by atoms with E-state index in [1.54, 1.807) is 6.92 Å². The monoisotopic (exact) mass is 462 g/mol. The average Bonchev–Trinajstić information content (AvgIpc) is 2.91. The van der Waals surface area contributed by atoms with Crippen molar-refractivity contribution in [2.24, 2.45) is 4.99 Å². The van der Waals surface area contributed by atoms with Crippen LogP contribution >= 0.6 is 46.6 Å². The molecule has 150 valence electrons. The van der Waals surface area contributed by atoms with Crippen molar-refractivity contribution in [1.82, 2.24) is 4.90 Å². The van der Waals surface area contributed by atoms with Crippen LogP contribution in [0.4, 0.5) is 0 Å². The third-order valence-electron chi connectivity index (χ3n) is 4.06. The summed E-state index contributed by atoms with van der Waals surface area (Å²) >= 11 is 19.2. The standard InChI is InChI=1S/C18H17Cl3N2O4S/c1-11(2)27-14(24)8-23-15(25)17(10-18(19,20)21)16(23)28-13(22-17)9-26-12-6-4-3-5-7-12/h3-7,16H,1,8-10H2,2H3. The Morgan fingerprint density at radius 3 is 2.64 bits per heavy atom. The number of ether oxygens (including phenoxy) is 2. The molecule has 2 heterocycles. The fourth-order valence-corrected chi connectivity index (χ4v) is 4.99. The fraction of sp³-hybridized carbons (Fsp3) is 0.389. The van der Waals surface area contributed by atoms with Gasteiger partial charge < -0.3 is 14.4 Å². The highest BCUT2D eigenvalue weighted by Crippen LogP contribution is 2.53. The number of allylic oxidation sites excluding steroid dienone is 1. The van der Waals surface area contributed by atoms with Crippen molar-refractivity contribution in [3.8, 4) is 5.75 Å². The van der Waals surface area contributed by atoms with E-state index in [1.807, 2.05) is 30.3 Å². The third kappa shape index (κ3) is 4.59. The van der Waals surface area contributed by atoms with Crippen molar-refractivity contribution in [2.75, 3.05) is 13.2 Å². The van der Waals surface area contributed by atoms with Crippen LogP contribution in [0, 0.1) is 0 Å². The van der Waals surface area contributed by atoms with Crippen LogP contribution in [-0.2, 0) is 14.3 Å². The third-order valence-corrected chi connectivity index (χ3v) is 5.81. The van der Waals surface area contributed by atoms with Crippen LogP contribution in [0.2, 0.25) is 0 Å². The Bertz CT molecular complexity index is 828. The number of carbonyl (C=O) groups is 2. The van der Waals surface area contributed by atoms with Crippen molar-refractivity contribution < 1.29 is 19.1 Å². The highest BCUT2D eigenvalue weighted by atomic mass is 35.6. The fourth-order valence-electron chi connectivity index (χ4n) is 3.05. The minimum absolute atomic E-state index is 0.0952.